The number of carbonyl (C=O) groups excluding carboxylic acids is 4. The van der Waals surface area contributed by atoms with E-state index in [9.17, 15) is 19.2 Å². The highest BCUT2D eigenvalue weighted by Crippen LogP contribution is 2.32. The van der Waals surface area contributed by atoms with Crippen LogP contribution in [0, 0.1) is 17.6 Å². The maximum atomic E-state index is 15.3. The predicted molar refractivity (Wildman–Crippen MR) is 149 cm³/mol. The molecule has 3 heterocycles. The Kier molecular flexibility index (Phi) is 9.92. The first-order valence-corrected chi connectivity index (χ1v) is 13.9. The molecule has 1 aromatic heterocycles. The zero-order chi connectivity index (χ0) is 30.4. The van der Waals surface area contributed by atoms with Crippen molar-refractivity contribution in [1.82, 2.24) is 15.2 Å². The van der Waals surface area contributed by atoms with Gasteiger partial charge in [-0.25, -0.2) is 13.6 Å². The third-order valence-corrected chi connectivity index (χ3v) is 7.23. The Hall–Kier alpha value is -4.29. The molecule has 42 heavy (non-hydrogen) atoms. The number of nitrogens with zero attached hydrogens (tertiary/aromatic N) is 4. The molecular formula is C29H35F2N5O6. The van der Waals surface area contributed by atoms with Crippen LogP contribution in [0.4, 0.5) is 25.0 Å². The number of esters is 1. The lowest BCUT2D eigenvalue weighted by Crippen LogP contribution is -2.55. The normalized spacial score (nSPS) is 17.7. The topological polar surface area (TPSA) is 121 Å². The van der Waals surface area contributed by atoms with Crippen LogP contribution in [-0.2, 0) is 19.1 Å². The molecule has 4 rings (SSSR count). The molecule has 0 bridgehead atoms. The summed E-state index contributed by atoms with van der Waals surface area (Å²) in [7, 11) is 1.26. The van der Waals surface area contributed by atoms with E-state index in [2.05, 4.69) is 15.0 Å². The van der Waals surface area contributed by atoms with Gasteiger partial charge in [0.05, 0.1) is 24.9 Å². The van der Waals surface area contributed by atoms with Gasteiger partial charge >= 0.3 is 12.1 Å². The van der Waals surface area contributed by atoms with Crippen molar-refractivity contribution in [3.8, 4) is 0 Å². The van der Waals surface area contributed by atoms with Crippen molar-refractivity contribution < 1.29 is 37.4 Å². The average molecular weight is 588 g/mol. The van der Waals surface area contributed by atoms with E-state index in [1.807, 2.05) is 13.8 Å². The van der Waals surface area contributed by atoms with E-state index >= 15 is 8.78 Å². The second kappa shape index (κ2) is 13.6. The molecule has 2 aliphatic heterocycles. The zero-order valence-corrected chi connectivity index (χ0v) is 23.8. The summed E-state index contributed by atoms with van der Waals surface area (Å²) < 4.78 is 40.3. The summed E-state index contributed by atoms with van der Waals surface area (Å²) in [6, 6.07) is 4.65. The highest BCUT2D eigenvalue weighted by molar-refractivity contribution is 5.97. The SMILES string of the molecule is COC(=O)CC[C@H]1CN(c2cc(F)c(N3CCN(C(=O)[C@H](CC(C)C)NC(=O)c4cccnc4)CC3)c(F)c2)C(=O)O1. The van der Waals surface area contributed by atoms with Gasteiger partial charge in [0.2, 0.25) is 5.91 Å². The molecule has 13 heteroatoms. The van der Waals surface area contributed by atoms with Gasteiger partial charge in [0.1, 0.15) is 17.8 Å². The largest absolute Gasteiger partial charge is 0.469 e. The van der Waals surface area contributed by atoms with Crippen LogP contribution in [0.25, 0.3) is 0 Å². The molecule has 1 aromatic carbocycles. The van der Waals surface area contributed by atoms with E-state index in [0.717, 1.165) is 17.0 Å². The first-order chi connectivity index (χ1) is 20.1. The minimum atomic E-state index is -0.850. The number of hydrogen-bond donors (Lipinski definition) is 1. The lowest BCUT2D eigenvalue weighted by molar-refractivity contribution is -0.141. The molecular weight excluding hydrogens is 552 g/mol. The average Bonchev–Trinajstić information content (AvgIpc) is 3.35. The molecule has 0 unspecified atom stereocenters. The number of halogens is 2. The van der Waals surface area contributed by atoms with Crippen LogP contribution in [0.15, 0.2) is 36.7 Å². The van der Waals surface area contributed by atoms with Crippen molar-refractivity contribution in [1.29, 1.82) is 0 Å². The van der Waals surface area contributed by atoms with Crippen LogP contribution in [0.1, 0.15) is 43.5 Å². The summed E-state index contributed by atoms with van der Waals surface area (Å²) in [5.41, 5.74) is 0.107. The highest BCUT2D eigenvalue weighted by atomic mass is 19.1. The number of piperazine rings is 1. The molecule has 2 aromatic rings. The standard InChI is InChI=1S/C29H35F2N5O6/c1-18(2)13-24(33-27(38)19-5-4-8-32-16-19)28(39)35-11-9-34(10-12-35)26-22(30)14-20(15-23(26)31)36-17-21(42-29(36)40)6-7-25(37)41-3/h4-5,8,14-16,18,21,24H,6-7,9-13,17H2,1-3H3,(H,33,38)/t21-,24-/m0/s1. The summed E-state index contributed by atoms with van der Waals surface area (Å²) >= 11 is 0. The fourth-order valence-electron chi connectivity index (χ4n) is 5.08. The Bertz CT molecular complexity index is 1280. The lowest BCUT2D eigenvalue weighted by Gasteiger charge is -2.38. The summed E-state index contributed by atoms with van der Waals surface area (Å²) in [6.45, 7) is 4.70. The van der Waals surface area contributed by atoms with E-state index < -0.39 is 41.7 Å². The number of methoxy groups -OCH3 is 1. The number of hydrogen-bond acceptors (Lipinski definition) is 8. The Morgan fingerprint density at radius 3 is 2.43 bits per heavy atom. The van der Waals surface area contributed by atoms with Gasteiger partial charge in [0.25, 0.3) is 5.91 Å². The fraction of sp³-hybridized carbons (Fsp3) is 0.483. The minimum Gasteiger partial charge on any atom is -0.469 e. The third kappa shape index (κ3) is 7.31. The summed E-state index contributed by atoms with van der Waals surface area (Å²) in [5.74, 6) is -2.67. The van der Waals surface area contributed by atoms with Crippen LogP contribution in [-0.4, -0.2) is 85.7 Å². The number of ether oxygens (including phenoxy) is 2. The number of amides is 3. The number of aromatic nitrogens is 1. The van der Waals surface area contributed by atoms with Crippen LogP contribution in [0.3, 0.4) is 0 Å². The van der Waals surface area contributed by atoms with Gasteiger partial charge in [-0.2, -0.15) is 0 Å². The second-order valence-corrected chi connectivity index (χ2v) is 10.7. The van der Waals surface area contributed by atoms with Gasteiger partial charge < -0.3 is 24.6 Å². The summed E-state index contributed by atoms with van der Waals surface area (Å²) in [5, 5.41) is 2.81. The van der Waals surface area contributed by atoms with Crippen LogP contribution < -0.4 is 15.1 Å². The number of rotatable bonds is 10. The Morgan fingerprint density at radius 2 is 1.83 bits per heavy atom. The van der Waals surface area contributed by atoms with Crippen molar-refractivity contribution in [3.05, 3.63) is 53.9 Å². The minimum absolute atomic E-state index is 0.00835. The van der Waals surface area contributed by atoms with Crippen LogP contribution in [0.2, 0.25) is 0 Å². The highest BCUT2D eigenvalue weighted by Gasteiger charge is 2.35. The smallest absolute Gasteiger partial charge is 0.414 e. The van der Waals surface area contributed by atoms with Gasteiger partial charge in [-0.15, -0.1) is 0 Å². The maximum Gasteiger partial charge on any atom is 0.414 e. The maximum absolute atomic E-state index is 15.3. The van der Waals surface area contributed by atoms with Gasteiger partial charge in [0, 0.05) is 57.1 Å². The van der Waals surface area contributed by atoms with Gasteiger partial charge in [0.15, 0.2) is 11.6 Å². The van der Waals surface area contributed by atoms with Crippen LogP contribution in [0.5, 0.6) is 0 Å². The van der Waals surface area contributed by atoms with Crippen molar-refractivity contribution in [2.45, 2.75) is 45.3 Å². The summed E-state index contributed by atoms with van der Waals surface area (Å²) in [4.78, 5) is 58.0. The molecule has 2 atom stereocenters. The molecule has 0 aliphatic carbocycles. The molecule has 11 nitrogen and oxygen atoms in total. The first kappa shape index (κ1) is 30.7. The Balaban J connectivity index is 1.39. The van der Waals surface area contributed by atoms with Crippen molar-refractivity contribution >= 4 is 35.3 Å². The molecule has 3 amide bonds. The van der Waals surface area contributed by atoms with Crippen molar-refractivity contribution in [3.63, 3.8) is 0 Å². The van der Waals surface area contributed by atoms with Gasteiger partial charge in [-0.1, -0.05) is 13.8 Å². The predicted octanol–water partition coefficient (Wildman–Crippen LogP) is 3.13. The summed E-state index contributed by atoms with van der Waals surface area (Å²) in [6.07, 6.45) is 2.32. The van der Waals surface area contributed by atoms with Crippen molar-refractivity contribution in [2.75, 3.05) is 49.6 Å². The molecule has 2 aliphatic rings. The quantitative estimate of drug-likeness (QED) is 0.421. The van der Waals surface area contributed by atoms with E-state index in [-0.39, 0.29) is 68.8 Å². The molecule has 0 spiro atoms. The monoisotopic (exact) mass is 587 g/mol. The van der Waals surface area contributed by atoms with E-state index in [0.29, 0.717) is 12.0 Å². The fourth-order valence-corrected chi connectivity index (χ4v) is 5.08. The molecule has 2 fully saturated rings. The number of pyridine rings is 1. The first-order valence-electron chi connectivity index (χ1n) is 13.9. The molecule has 2 saturated heterocycles. The van der Waals surface area contributed by atoms with Crippen LogP contribution >= 0.6 is 0 Å². The van der Waals surface area contributed by atoms with E-state index in [1.54, 1.807) is 23.2 Å². The number of benzene rings is 1. The second-order valence-electron chi connectivity index (χ2n) is 10.7. The number of carbonyl (C=O) groups is 4. The zero-order valence-electron chi connectivity index (χ0n) is 23.8. The van der Waals surface area contributed by atoms with Gasteiger partial charge in [-0.3, -0.25) is 24.3 Å². The molecule has 0 radical (unpaired) electrons. The number of anilines is 2. The van der Waals surface area contributed by atoms with Crippen molar-refractivity contribution in [2.24, 2.45) is 5.92 Å². The Morgan fingerprint density at radius 1 is 1.14 bits per heavy atom. The van der Waals surface area contributed by atoms with E-state index in [1.165, 1.54) is 18.2 Å². The Labute approximate surface area is 242 Å². The third-order valence-electron chi connectivity index (χ3n) is 7.23. The lowest BCUT2D eigenvalue weighted by atomic mass is 10.0. The van der Waals surface area contributed by atoms with E-state index in [4.69, 9.17) is 4.74 Å². The molecule has 1 N–H and O–H groups in total. The molecule has 0 saturated carbocycles. The van der Waals surface area contributed by atoms with Gasteiger partial charge in [-0.05, 0) is 30.9 Å². The number of nitrogens with one attached hydrogen (secondary N) is 1. The number of cyclic esters (lactones) is 1. The molecule has 226 valence electrons.